The molecule has 0 unspecified atom stereocenters. The lowest BCUT2D eigenvalue weighted by molar-refractivity contribution is -0.127. The van der Waals surface area contributed by atoms with Crippen LogP contribution in [0, 0.1) is 0 Å². The summed E-state index contributed by atoms with van der Waals surface area (Å²) in [6.45, 7) is 9.13. The molecule has 0 aromatic heterocycles. The number of amides is 1. The summed E-state index contributed by atoms with van der Waals surface area (Å²) in [6, 6.07) is 0.689. The molecule has 18 heavy (non-hydrogen) atoms. The van der Waals surface area contributed by atoms with Crippen LogP contribution in [-0.2, 0) is 18.1 Å². The fraction of sp³-hybridized carbons (Fsp3) is 0.917. The molecule has 6 heteroatoms. The predicted molar refractivity (Wildman–Crippen MR) is 71.3 cm³/mol. The predicted octanol–water partition coefficient (Wildman–Crippen LogP) is 1.66. The molecule has 1 saturated heterocycles. The maximum atomic E-state index is 11.6. The molecule has 0 bridgehead atoms. The van der Waals surface area contributed by atoms with Gasteiger partial charge in [0, 0.05) is 45.4 Å². The number of carbonyl (C=O) groups excluding carboxylic acids is 1. The van der Waals surface area contributed by atoms with Crippen molar-refractivity contribution in [2.45, 2.75) is 39.7 Å². The summed E-state index contributed by atoms with van der Waals surface area (Å²) in [5.41, 5.74) is 0. The Kier molecular flexibility index (Phi) is 6.84. The van der Waals surface area contributed by atoms with Crippen LogP contribution in [0.15, 0.2) is 0 Å². The highest BCUT2D eigenvalue weighted by atomic mass is 28.4. The Morgan fingerprint density at radius 1 is 1.11 bits per heavy atom. The van der Waals surface area contributed by atoms with Crippen LogP contribution in [0.3, 0.4) is 0 Å². The number of likely N-dealkylation sites (tertiary alicyclic amines) is 1. The number of carbonyl (C=O) groups is 1. The van der Waals surface area contributed by atoms with Crippen LogP contribution in [0.4, 0.5) is 0 Å². The van der Waals surface area contributed by atoms with E-state index in [0.717, 1.165) is 13.0 Å². The van der Waals surface area contributed by atoms with Gasteiger partial charge in [0.1, 0.15) is 0 Å². The Morgan fingerprint density at radius 2 is 1.67 bits per heavy atom. The Bertz CT molecular complexity index is 245. The van der Waals surface area contributed by atoms with Crippen LogP contribution in [0.5, 0.6) is 0 Å². The molecular weight excluding hydrogens is 250 g/mol. The lowest BCUT2D eigenvalue weighted by atomic mass is 10.4. The lowest BCUT2D eigenvalue weighted by Gasteiger charge is -2.30. The van der Waals surface area contributed by atoms with Crippen molar-refractivity contribution in [1.82, 2.24) is 4.90 Å². The van der Waals surface area contributed by atoms with E-state index in [1.54, 1.807) is 0 Å². The number of hydrogen-bond acceptors (Lipinski definition) is 4. The van der Waals surface area contributed by atoms with E-state index in [1.807, 2.05) is 25.7 Å². The van der Waals surface area contributed by atoms with E-state index in [4.69, 9.17) is 13.3 Å². The van der Waals surface area contributed by atoms with Gasteiger partial charge < -0.3 is 18.2 Å². The quantitative estimate of drug-likeness (QED) is 0.600. The van der Waals surface area contributed by atoms with Crippen LogP contribution in [-0.4, -0.2) is 52.5 Å². The van der Waals surface area contributed by atoms with Crippen molar-refractivity contribution in [3.05, 3.63) is 0 Å². The van der Waals surface area contributed by atoms with Crippen LogP contribution < -0.4 is 0 Å². The molecule has 5 nitrogen and oxygen atoms in total. The highest BCUT2D eigenvalue weighted by Gasteiger charge is 2.41. The molecule has 0 aromatic carbocycles. The first-order valence-electron chi connectivity index (χ1n) is 6.87. The van der Waals surface area contributed by atoms with Gasteiger partial charge >= 0.3 is 8.80 Å². The summed E-state index contributed by atoms with van der Waals surface area (Å²) < 4.78 is 17.3. The molecule has 1 heterocycles. The van der Waals surface area contributed by atoms with Gasteiger partial charge in [-0.2, -0.15) is 0 Å². The van der Waals surface area contributed by atoms with Gasteiger partial charge in [-0.15, -0.1) is 0 Å². The highest BCUT2D eigenvalue weighted by Crippen LogP contribution is 2.19. The first-order chi connectivity index (χ1) is 8.67. The summed E-state index contributed by atoms with van der Waals surface area (Å²) in [5.74, 6) is 0.238. The Morgan fingerprint density at radius 3 is 2.06 bits per heavy atom. The van der Waals surface area contributed by atoms with E-state index < -0.39 is 8.80 Å². The van der Waals surface area contributed by atoms with Crippen molar-refractivity contribution in [3.8, 4) is 0 Å². The second-order valence-corrected chi connectivity index (χ2v) is 6.95. The van der Waals surface area contributed by atoms with Gasteiger partial charge in [0.2, 0.25) is 5.91 Å². The molecule has 106 valence electrons. The number of rotatable bonds is 9. The summed E-state index contributed by atoms with van der Waals surface area (Å²) in [7, 11) is -2.59. The van der Waals surface area contributed by atoms with Crippen molar-refractivity contribution in [2.75, 3.05) is 32.9 Å². The largest absolute Gasteiger partial charge is 0.502 e. The Balaban J connectivity index is 2.55. The molecule has 1 aliphatic heterocycles. The standard InChI is InChI=1S/C12H25NO4Si/c1-4-15-18(16-5-2,17-6-3)11-10-13-9-7-8-12(13)14/h4-11H2,1-3H3. The summed E-state index contributed by atoms with van der Waals surface area (Å²) in [5, 5.41) is 0. The van der Waals surface area contributed by atoms with E-state index in [9.17, 15) is 4.79 Å². The van der Waals surface area contributed by atoms with Crippen molar-refractivity contribution in [2.24, 2.45) is 0 Å². The minimum absolute atomic E-state index is 0.238. The third kappa shape index (κ3) is 4.35. The molecule has 0 saturated carbocycles. The molecular formula is C12H25NO4Si. The zero-order valence-electron chi connectivity index (χ0n) is 11.7. The fourth-order valence-electron chi connectivity index (χ4n) is 2.21. The van der Waals surface area contributed by atoms with Gasteiger partial charge in [-0.1, -0.05) is 0 Å². The second kappa shape index (κ2) is 7.88. The molecule has 0 atom stereocenters. The minimum atomic E-state index is -2.59. The van der Waals surface area contributed by atoms with Crippen LogP contribution in [0.2, 0.25) is 6.04 Å². The van der Waals surface area contributed by atoms with Gasteiger partial charge in [-0.25, -0.2) is 0 Å². The summed E-state index contributed by atoms with van der Waals surface area (Å²) in [4.78, 5) is 13.5. The molecule has 0 N–H and O–H groups in total. The second-order valence-electron chi connectivity index (χ2n) is 4.22. The van der Waals surface area contributed by atoms with Crippen LogP contribution in [0.25, 0.3) is 0 Å². The third-order valence-electron chi connectivity index (χ3n) is 2.95. The van der Waals surface area contributed by atoms with Crippen LogP contribution in [0.1, 0.15) is 33.6 Å². The smallest absolute Gasteiger partial charge is 0.374 e. The first-order valence-corrected chi connectivity index (χ1v) is 8.80. The Labute approximate surface area is 111 Å². The first kappa shape index (κ1) is 15.6. The lowest BCUT2D eigenvalue weighted by Crippen LogP contribution is -2.48. The van der Waals surface area contributed by atoms with Crippen molar-refractivity contribution < 1.29 is 18.1 Å². The van der Waals surface area contributed by atoms with E-state index in [2.05, 4.69) is 0 Å². The molecule has 0 aromatic rings. The van der Waals surface area contributed by atoms with E-state index >= 15 is 0 Å². The van der Waals surface area contributed by atoms with Crippen molar-refractivity contribution >= 4 is 14.7 Å². The van der Waals surface area contributed by atoms with E-state index in [0.29, 0.717) is 38.8 Å². The van der Waals surface area contributed by atoms with Gasteiger partial charge in [-0.05, 0) is 27.2 Å². The number of hydrogen-bond donors (Lipinski definition) is 0. The summed E-state index contributed by atoms with van der Waals surface area (Å²) in [6.07, 6.45) is 1.64. The van der Waals surface area contributed by atoms with Crippen molar-refractivity contribution in [3.63, 3.8) is 0 Å². The fourth-order valence-corrected chi connectivity index (χ4v) is 4.76. The van der Waals surface area contributed by atoms with Crippen molar-refractivity contribution in [1.29, 1.82) is 0 Å². The topological polar surface area (TPSA) is 48.0 Å². The molecule has 1 rings (SSSR count). The Hall–Kier alpha value is -0.433. The zero-order valence-corrected chi connectivity index (χ0v) is 12.7. The monoisotopic (exact) mass is 275 g/mol. The van der Waals surface area contributed by atoms with Gasteiger partial charge in [-0.3, -0.25) is 4.79 Å². The average molecular weight is 275 g/mol. The van der Waals surface area contributed by atoms with Gasteiger partial charge in [0.05, 0.1) is 0 Å². The average Bonchev–Trinajstić information content (AvgIpc) is 2.73. The summed E-state index contributed by atoms with van der Waals surface area (Å²) >= 11 is 0. The van der Waals surface area contributed by atoms with E-state index in [1.165, 1.54) is 0 Å². The van der Waals surface area contributed by atoms with E-state index in [-0.39, 0.29) is 5.91 Å². The number of nitrogens with zero attached hydrogens (tertiary/aromatic N) is 1. The van der Waals surface area contributed by atoms with Gasteiger partial charge in [0.15, 0.2) is 0 Å². The molecule has 1 fully saturated rings. The molecule has 0 spiro atoms. The normalized spacial score (nSPS) is 16.6. The highest BCUT2D eigenvalue weighted by molar-refractivity contribution is 6.60. The molecule has 1 amide bonds. The maximum Gasteiger partial charge on any atom is 0.502 e. The molecule has 0 aliphatic carbocycles. The SMILES string of the molecule is CCO[Si](CCN1CCCC1=O)(OCC)OCC. The van der Waals surface area contributed by atoms with Crippen LogP contribution >= 0.6 is 0 Å². The molecule has 1 aliphatic rings. The third-order valence-corrected chi connectivity index (χ3v) is 5.97. The molecule has 0 radical (unpaired) electrons. The maximum absolute atomic E-state index is 11.6. The van der Waals surface area contributed by atoms with Gasteiger partial charge in [0.25, 0.3) is 0 Å². The minimum Gasteiger partial charge on any atom is -0.374 e. The zero-order chi connectivity index (χ0) is 13.4.